The molecule has 1 N–H and O–H groups in total. The fourth-order valence-electron chi connectivity index (χ4n) is 4.22. The minimum absolute atomic E-state index is 0.118. The largest absolute Gasteiger partial charge is 0.459 e. The van der Waals surface area contributed by atoms with E-state index >= 15 is 0 Å². The second kappa shape index (κ2) is 8.87. The van der Waals surface area contributed by atoms with Crippen molar-refractivity contribution in [1.82, 2.24) is 19.9 Å². The van der Waals surface area contributed by atoms with Gasteiger partial charge >= 0.3 is 0 Å². The van der Waals surface area contributed by atoms with Gasteiger partial charge < -0.3 is 18.7 Å². The van der Waals surface area contributed by atoms with Gasteiger partial charge in [0.2, 0.25) is 11.6 Å². The van der Waals surface area contributed by atoms with E-state index in [2.05, 4.69) is 20.9 Å². The number of nitrogens with zero attached hydrogens (tertiary/aromatic N) is 5. The van der Waals surface area contributed by atoms with Crippen LogP contribution in [0.3, 0.4) is 0 Å². The Hall–Kier alpha value is -4.20. The summed E-state index contributed by atoms with van der Waals surface area (Å²) in [5.74, 6) is 1.89. The molecule has 174 valence electrons. The Kier molecular flexibility index (Phi) is 5.41. The molecule has 1 fully saturated rings. The minimum atomic E-state index is -0.118. The molecule has 35 heavy (non-hydrogen) atoms. The predicted octanol–water partition coefficient (Wildman–Crippen LogP) is 4.09. The number of hydrogen-bond donors (Lipinski definition) is 1. The fraction of sp³-hybridized carbons (Fsp3) is 0.200. The number of oxazole rings is 1. The van der Waals surface area contributed by atoms with E-state index in [1.807, 2.05) is 41.3 Å². The second-order valence-electron chi connectivity index (χ2n) is 8.23. The van der Waals surface area contributed by atoms with Gasteiger partial charge in [-0.15, -0.1) is 11.3 Å². The minimum Gasteiger partial charge on any atom is -0.459 e. The molecular weight excluding hydrogens is 464 g/mol. The summed E-state index contributed by atoms with van der Waals surface area (Å²) in [6.07, 6.45) is 1.54. The first-order valence-electron chi connectivity index (χ1n) is 11.2. The van der Waals surface area contributed by atoms with E-state index in [9.17, 15) is 10.1 Å². The highest BCUT2D eigenvalue weighted by Gasteiger charge is 2.25. The van der Waals surface area contributed by atoms with E-state index in [4.69, 9.17) is 13.8 Å². The summed E-state index contributed by atoms with van der Waals surface area (Å²) in [5, 5.41) is 10.1. The van der Waals surface area contributed by atoms with E-state index in [0.717, 1.165) is 28.4 Å². The molecule has 0 amide bonds. The monoisotopic (exact) mass is 484 g/mol. The lowest BCUT2D eigenvalue weighted by Crippen LogP contribution is -2.46. The average molecular weight is 485 g/mol. The number of hydrogen-bond acceptors (Lipinski definition) is 9. The predicted molar refractivity (Wildman–Crippen MR) is 132 cm³/mol. The molecule has 1 aliphatic heterocycles. The third kappa shape index (κ3) is 4.12. The van der Waals surface area contributed by atoms with Gasteiger partial charge in [-0.1, -0.05) is 30.3 Å². The zero-order chi connectivity index (χ0) is 23.8. The number of aromatic nitrogens is 3. The van der Waals surface area contributed by atoms with Crippen LogP contribution in [0.1, 0.15) is 11.5 Å². The molecule has 0 bridgehead atoms. The van der Waals surface area contributed by atoms with Crippen LogP contribution in [0, 0.1) is 11.3 Å². The number of piperazine rings is 1. The zero-order valence-electron chi connectivity index (χ0n) is 18.6. The van der Waals surface area contributed by atoms with Crippen molar-refractivity contribution in [2.24, 2.45) is 0 Å². The fourth-order valence-corrected chi connectivity index (χ4v) is 5.28. The Morgan fingerprint density at radius 1 is 1.09 bits per heavy atom. The summed E-state index contributed by atoms with van der Waals surface area (Å²) in [6.45, 7) is 3.30. The van der Waals surface area contributed by atoms with Crippen molar-refractivity contribution < 1.29 is 8.83 Å². The van der Waals surface area contributed by atoms with Gasteiger partial charge in [-0.3, -0.25) is 9.69 Å². The van der Waals surface area contributed by atoms with Crippen molar-refractivity contribution >= 4 is 27.4 Å². The number of thiophene rings is 1. The van der Waals surface area contributed by atoms with Gasteiger partial charge in [-0.05, 0) is 23.8 Å². The highest BCUT2D eigenvalue weighted by Crippen LogP contribution is 2.31. The molecule has 0 aliphatic carbocycles. The van der Waals surface area contributed by atoms with Gasteiger partial charge in [0.05, 0.1) is 18.2 Å². The molecule has 4 aromatic heterocycles. The molecule has 1 saturated heterocycles. The van der Waals surface area contributed by atoms with Crippen molar-refractivity contribution in [2.45, 2.75) is 6.54 Å². The Morgan fingerprint density at radius 2 is 1.91 bits per heavy atom. The maximum atomic E-state index is 12.7. The number of benzene rings is 1. The lowest BCUT2D eigenvalue weighted by molar-refractivity contribution is 0.240. The highest BCUT2D eigenvalue weighted by molar-refractivity contribution is 7.21. The first kappa shape index (κ1) is 21.3. The molecule has 9 nitrogen and oxygen atoms in total. The molecule has 1 aromatic carbocycles. The van der Waals surface area contributed by atoms with Crippen molar-refractivity contribution in [3.8, 4) is 28.2 Å². The molecule has 10 heteroatoms. The third-order valence-corrected chi connectivity index (χ3v) is 7.07. The van der Waals surface area contributed by atoms with Crippen LogP contribution in [0.5, 0.6) is 0 Å². The Morgan fingerprint density at radius 3 is 2.66 bits per heavy atom. The second-order valence-corrected chi connectivity index (χ2v) is 9.26. The van der Waals surface area contributed by atoms with Crippen LogP contribution in [-0.2, 0) is 6.54 Å². The van der Waals surface area contributed by atoms with Gasteiger partial charge in [0.25, 0.3) is 11.4 Å². The smallest absolute Gasteiger partial charge is 0.266 e. The van der Waals surface area contributed by atoms with Crippen LogP contribution in [0.25, 0.3) is 32.3 Å². The van der Waals surface area contributed by atoms with Crippen LogP contribution >= 0.6 is 11.3 Å². The number of furan rings is 1. The Labute approximate surface area is 203 Å². The maximum absolute atomic E-state index is 12.7. The Balaban J connectivity index is 1.16. The van der Waals surface area contributed by atoms with E-state index in [0.29, 0.717) is 48.4 Å². The number of rotatable bonds is 5. The molecule has 0 saturated carbocycles. The zero-order valence-corrected chi connectivity index (χ0v) is 19.4. The van der Waals surface area contributed by atoms with Crippen LogP contribution in [0.4, 0.5) is 5.88 Å². The summed E-state index contributed by atoms with van der Waals surface area (Å²) in [4.78, 5) is 30.7. The molecule has 5 heterocycles. The molecule has 0 spiro atoms. The van der Waals surface area contributed by atoms with Gasteiger partial charge in [0, 0.05) is 31.1 Å². The summed E-state index contributed by atoms with van der Waals surface area (Å²) < 4.78 is 11.2. The summed E-state index contributed by atoms with van der Waals surface area (Å²) >= 11 is 1.53. The standard InChI is InChI=1S/C25H20N6O3S/c26-14-18-25(34-23(27-18)19-7-4-12-33-19)31-10-8-30(9-11-31)15-21-28-22(32)17-13-20(35-24(17)29-21)16-5-2-1-3-6-16/h1-7,12-13H,8-11,15H2,(H,28,29,32). The van der Waals surface area contributed by atoms with Crippen molar-refractivity contribution in [3.05, 3.63) is 76.7 Å². The average Bonchev–Trinajstić information content (AvgIpc) is 3.64. The summed E-state index contributed by atoms with van der Waals surface area (Å²) in [7, 11) is 0. The maximum Gasteiger partial charge on any atom is 0.266 e. The van der Waals surface area contributed by atoms with Crippen molar-refractivity contribution in [2.75, 3.05) is 31.1 Å². The van der Waals surface area contributed by atoms with Gasteiger partial charge in [0.15, 0.2) is 5.76 Å². The number of anilines is 1. The van der Waals surface area contributed by atoms with Crippen molar-refractivity contribution in [3.63, 3.8) is 0 Å². The summed E-state index contributed by atoms with van der Waals surface area (Å²) in [6, 6.07) is 17.5. The number of aromatic amines is 1. The number of nitrogens with one attached hydrogen (secondary N) is 1. The van der Waals surface area contributed by atoms with E-state index < -0.39 is 0 Å². The van der Waals surface area contributed by atoms with E-state index in [1.165, 1.54) is 11.3 Å². The lowest BCUT2D eigenvalue weighted by Gasteiger charge is -2.34. The van der Waals surface area contributed by atoms with Crippen molar-refractivity contribution in [1.29, 1.82) is 5.26 Å². The number of nitriles is 1. The molecule has 0 atom stereocenters. The molecule has 6 rings (SSSR count). The topological polar surface area (TPSA) is 115 Å². The molecule has 0 radical (unpaired) electrons. The van der Waals surface area contributed by atoms with Crippen LogP contribution in [0.15, 0.2) is 68.4 Å². The van der Waals surface area contributed by atoms with Crippen LogP contribution in [0.2, 0.25) is 0 Å². The van der Waals surface area contributed by atoms with Gasteiger partial charge in [-0.2, -0.15) is 10.2 Å². The highest BCUT2D eigenvalue weighted by atomic mass is 32.1. The molecule has 5 aromatic rings. The summed E-state index contributed by atoms with van der Waals surface area (Å²) in [5.41, 5.74) is 1.20. The quantitative estimate of drug-likeness (QED) is 0.397. The Bertz CT molecular complexity index is 1570. The van der Waals surface area contributed by atoms with Crippen LogP contribution < -0.4 is 10.5 Å². The van der Waals surface area contributed by atoms with Gasteiger partial charge in [-0.25, -0.2) is 4.98 Å². The first-order valence-corrected chi connectivity index (χ1v) is 12.0. The number of fused-ring (bicyclic) bond motifs is 1. The lowest BCUT2D eigenvalue weighted by atomic mass is 10.2. The normalized spacial score (nSPS) is 14.4. The molecule has 0 unspecified atom stereocenters. The SMILES string of the molecule is N#Cc1nc(-c2ccco2)oc1N1CCN(Cc2nc3sc(-c4ccccc4)cc3c(=O)[nH]2)CC1. The van der Waals surface area contributed by atoms with E-state index in [1.54, 1.807) is 18.4 Å². The van der Waals surface area contributed by atoms with Gasteiger partial charge in [0.1, 0.15) is 16.7 Å². The van der Waals surface area contributed by atoms with Crippen LogP contribution in [-0.4, -0.2) is 46.0 Å². The first-order chi connectivity index (χ1) is 17.2. The molecular formula is C25H20N6O3S. The van der Waals surface area contributed by atoms with E-state index in [-0.39, 0.29) is 11.3 Å². The molecule has 1 aliphatic rings. The number of H-pyrrole nitrogens is 1. The third-order valence-electron chi connectivity index (χ3n) is 5.99.